The number of nitrogens with one attached hydrogen (secondary N) is 1. The maximum atomic E-state index is 12.4. The van der Waals surface area contributed by atoms with Crippen LogP contribution >= 0.6 is 11.3 Å². The van der Waals surface area contributed by atoms with E-state index in [2.05, 4.69) is 5.32 Å². The molecule has 0 aliphatic carbocycles. The predicted octanol–water partition coefficient (Wildman–Crippen LogP) is 1.24. The summed E-state index contributed by atoms with van der Waals surface area (Å²) < 4.78 is 0. The minimum absolute atomic E-state index is 0.0723. The van der Waals surface area contributed by atoms with E-state index in [4.69, 9.17) is 0 Å². The number of carbonyl (C=O) groups excluding carboxylic acids is 2. The molecule has 2 rings (SSSR count). The summed E-state index contributed by atoms with van der Waals surface area (Å²) in [5, 5.41) is 13.8. The van der Waals surface area contributed by atoms with Crippen LogP contribution in [-0.4, -0.2) is 47.1 Å². The van der Waals surface area contributed by atoms with Crippen molar-refractivity contribution in [2.24, 2.45) is 0 Å². The zero-order valence-corrected chi connectivity index (χ0v) is 12.4. The first-order valence-electron chi connectivity index (χ1n) is 6.90. The van der Waals surface area contributed by atoms with Crippen LogP contribution in [-0.2, 0) is 4.79 Å². The summed E-state index contributed by atoms with van der Waals surface area (Å²) in [6, 6.07) is 3.20. The van der Waals surface area contributed by atoms with Crippen molar-refractivity contribution in [1.29, 1.82) is 0 Å². The third-order valence-corrected chi connectivity index (χ3v) is 4.23. The van der Waals surface area contributed by atoms with Gasteiger partial charge in [-0.1, -0.05) is 6.07 Å². The molecule has 2 unspecified atom stereocenters. The molecule has 1 aromatic heterocycles. The Labute approximate surface area is 122 Å². The summed E-state index contributed by atoms with van der Waals surface area (Å²) in [6.45, 7) is 2.45. The second-order valence-corrected chi connectivity index (χ2v) is 6.03. The van der Waals surface area contributed by atoms with Gasteiger partial charge in [-0.3, -0.25) is 9.59 Å². The highest BCUT2D eigenvalue weighted by molar-refractivity contribution is 7.12. The van der Waals surface area contributed by atoms with Crippen molar-refractivity contribution in [3.8, 4) is 0 Å². The fourth-order valence-electron chi connectivity index (χ4n) is 2.36. The van der Waals surface area contributed by atoms with E-state index in [0.717, 1.165) is 12.8 Å². The van der Waals surface area contributed by atoms with Crippen LogP contribution in [0, 0.1) is 0 Å². The van der Waals surface area contributed by atoms with E-state index in [9.17, 15) is 14.7 Å². The molecule has 5 nitrogen and oxygen atoms in total. The molecule has 2 atom stereocenters. The molecule has 1 aliphatic rings. The Balaban J connectivity index is 2.05. The average Bonchev–Trinajstić information content (AvgIpc) is 2.98. The highest BCUT2D eigenvalue weighted by atomic mass is 32.1. The fraction of sp³-hybridized carbons (Fsp3) is 0.571. The molecule has 0 spiro atoms. The fourth-order valence-corrected chi connectivity index (χ4v) is 3.03. The van der Waals surface area contributed by atoms with Gasteiger partial charge in [-0.05, 0) is 37.6 Å². The van der Waals surface area contributed by atoms with Crippen LogP contribution in [0.4, 0.5) is 0 Å². The Morgan fingerprint density at radius 1 is 1.55 bits per heavy atom. The highest BCUT2D eigenvalue weighted by Crippen LogP contribution is 2.21. The Bertz CT molecular complexity index is 459. The lowest BCUT2D eigenvalue weighted by molar-refractivity contribution is -0.127. The largest absolute Gasteiger partial charge is 0.392 e. The van der Waals surface area contributed by atoms with Crippen LogP contribution in [0.2, 0.25) is 0 Å². The molecule has 1 aliphatic heterocycles. The van der Waals surface area contributed by atoms with E-state index in [1.807, 2.05) is 11.4 Å². The molecule has 0 radical (unpaired) electrons. The molecular formula is C14H20N2O3S. The van der Waals surface area contributed by atoms with Crippen LogP contribution in [0.15, 0.2) is 17.5 Å². The smallest absolute Gasteiger partial charge is 0.264 e. The molecule has 6 heteroatoms. The van der Waals surface area contributed by atoms with Crippen molar-refractivity contribution >= 4 is 23.2 Å². The topological polar surface area (TPSA) is 69.6 Å². The number of nitrogens with zero attached hydrogens (tertiary/aromatic N) is 1. The third kappa shape index (κ3) is 3.58. The average molecular weight is 296 g/mol. The molecule has 110 valence electrons. The molecular weight excluding hydrogens is 276 g/mol. The Morgan fingerprint density at radius 2 is 2.35 bits per heavy atom. The maximum Gasteiger partial charge on any atom is 0.264 e. The van der Waals surface area contributed by atoms with Crippen LogP contribution in [0.5, 0.6) is 0 Å². The summed E-state index contributed by atoms with van der Waals surface area (Å²) in [5.74, 6) is -0.243. The van der Waals surface area contributed by atoms with Gasteiger partial charge in [-0.25, -0.2) is 0 Å². The van der Waals surface area contributed by atoms with Crippen LogP contribution in [0.3, 0.4) is 0 Å². The molecule has 0 aromatic carbocycles. The van der Waals surface area contributed by atoms with E-state index >= 15 is 0 Å². The highest BCUT2D eigenvalue weighted by Gasteiger charge is 2.32. The molecule has 2 heterocycles. The first-order chi connectivity index (χ1) is 9.59. The van der Waals surface area contributed by atoms with Crippen molar-refractivity contribution in [2.45, 2.75) is 38.3 Å². The van der Waals surface area contributed by atoms with E-state index in [1.54, 1.807) is 17.9 Å². The van der Waals surface area contributed by atoms with Crippen LogP contribution in [0.1, 0.15) is 35.9 Å². The number of rotatable bonds is 4. The quantitative estimate of drug-likeness (QED) is 0.878. The van der Waals surface area contributed by atoms with Gasteiger partial charge in [0.05, 0.1) is 11.0 Å². The van der Waals surface area contributed by atoms with Crippen molar-refractivity contribution in [3.05, 3.63) is 22.4 Å². The molecule has 20 heavy (non-hydrogen) atoms. The summed E-state index contributed by atoms with van der Waals surface area (Å²) in [4.78, 5) is 26.9. The lowest BCUT2D eigenvalue weighted by atomic mass is 10.0. The van der Waals surface area contributed by atoms with Gasteiger partial charge in [0.15, 0.2) is 0 Å². The number of aliphatic hydroxyl groups is 1. The zero-order valence-electron chi connectivity index (χ0n) is 11.5. The number of likely N-dealkylation sites (tertiary alicyclic amines) is 1. The van der Waals surface area contributed by atoms with E-state index in [-0.39, 0.29) is 18.4 Å². The van der Waals surface area contributed by atoms with Gasteiger partial charge in [0.25, 0.3) is 5.91 Å². The number of aliphatic hydroxyl groups excluding tert-OH is 1. The number of hydrogen-bond donors (Lipinski definition) is 2. The van der Waals surface area contributed by atoms with E-state index < -0.39 is 12.1 Å². The second-order valence-electron chi connectivity index (χ2n) is 5.08. The summed E-state index contributed by atoms with van der Waals surface area (Å²) in [5.41, 5.74) is 0. The molecule has 2 amide bonds. The van der Waals surface area contributed by atoms with Crippen molar-refractivity contribution < 1.29 is 14.7 Å². The van der Waals surface area contributed by atoms with Gasteiger partial charge < -0.3 is 15.3 Å². The molecule has 1 fully saturated rings. The third-order valence-electron chi connectivity index (χ3n) is 3.37. The SMILES string of the molecule is CC(O)CNC(=O)C1CCCCN1C(=O)c1cccs1. The minimum atomic E-state index is -0.580. The van der Waals surface area contributed by atoms with E-state index in [1.165, 1.54) is 11.3 Å². The summed E-state index contributed by atoms with van der Waals surface area (Å²) in [6.07, 6.45) is 1.98. The first-order valence-corrected chi connectivity index (χ1v) is 7.78. The van der Waals surface area contributed by atoms with Gasteiger partial charge in [-0.15, -0.1) is 11.3 Å². The maximum absolute atomic E-state index is 12.4. The van der Waals surface area contributed by atoms with Gasteiger partial charge >= 0.3 is 0 Å². The Hall–Kier alpha value is -1.40. The van der Waals surface area contributed by atoms with Crippen LogP contribution in [0.25, 0.3) is 0 Å². The zero-order chi connectivity index (χ0) is 14.5. The molecule has 0 saturated carbocycles. The minimum Gasteiger partial charge on any atom is -0.392 e. The second kappa shape index (κ2) is 6.85. The van der Waals surface area contributed by atoms with Gasteiger partial charge in [-0.2, -0.15) is 0 Å². The Kier molecular flexibility index (Phi) is 5.14. The number of carbonyl (C=O) groups is 2. The van der Waals surface area contributed by atoms with Gasteiger partial charge in [0, 0.05) is 13.1 Å². The normalized spacial score (nSPS) is 20.5. The van der Waals surface area contributed by atoms with Gasteiger partial charge in [0.2, 0.25) is 5.91 Å². The number of hydrogen-bond acceptors (Lipinski definition) is 4. The lowest BCUT2D eigenvalue weighted by Gasteiger charge is -2.34. The van der Waals surface area contributed by atoms with Crippen molar-refractivity contribution in [1.82, 2.24) is 10.2 Å². The number of piperidine rings is 1. The first kappa shape index (κ1) is 15.0. The van der Waals surface area contributed by atoms with Crippen molar-refractivity contribution in [2.75, 3.05) is 13.1 Å². The number of thiophene rings is 1. The lowest BCUT2D eigenvalue weighted by Crippen LogP contribution is -2.52. The van der Waals surface area contributed by atoms with Crippen molar-refractivity contribution in [3.63, 3.8) is 0 Å². The standard InChI is InChI=1S/C14H20N2O3S/c1-10(17)9-15-13(18)11-5-2-3-7-16(11)14(19)12-6-4-8-20-12/h4,6,8,10-11,17H,2-3,5,7,9H2,1H3,(H,15,18). The molecule has 2 N–H and O–H groups in total. The number of amides is 2. The molecule has 1 aromatic rings. The molecule has 1 saturated heterocycles. The van der Waals surface area contributed by atoms with E-state index in [0.29, 0.717) is 17.8 Å². The monoisotopic (exact) mass is 296 g/mol. The predicted molar refractivity (Wildman–Crippen MR) is 77.7 cm³/mol. The Morgan fingerprint density at radius 3 is 3.00 bits per heavy atom. The molecule has 0 bridgehead atoms. The van der Waals surface area contributed by atoms with Crippen LogP contribution < -0.4 is 5.32 Å². The summed E-state index contributed by atoms with van der Waals surface area (Å²) >= 11 is 1.39. The van der Waals surface area contributed by atoms with Gasteiger partial charge in [0.1, 0.15) is 6.04 Å². The summed E-state index contributed by atoms with van der Waals surface area (Å²) in [7, 11) is 0.